The number of hydrogen-bond donors (Lipinski definition) is 0. The van der Waals surface area contributed by atoms with E-state index in [0.29, 0.717) is 6.42 Å². The van der Waals surface area contributed by atoms with Crippen molar-refractivity contribution in [3.63, 3.8) is 0 Å². The molecule has 1 aromatic rings. The Kier molecular flexibility index (Phi) is 3.47. The van der Waals surface area contributed by atoms with Gasteiger partial charge in [-0.05, 0) is 24.5 Å². The summed E-state index contributed by atoms with van der Waals surface area (Å²) in [4.78, 5) is 11.8. The highest BCUT2D eigenvalue weighted by atomic mass is 32.2. The van der Waals surface area contributed by atoms with E-state index in [4.69, 9.17) is 0 Å². The summed E-state index contributed by atoms with van der Waals surface area (Å²) in [6.07, 6.45) is 0.251. The SMILES string of the molecule is O=C(CC1CCS(=O)(=O)C1)c1c(F)cccc1F. The minimum absolute atomic E-state index is 0.0463. The normalized spacial score (nSPS) is 22.0. The highest BCUT2D eigenvalue weighted by molar-refractivity contribution is 7.91. The predicted molar refractivity (Wildman–Crippen MR) is 62.1 cm³/mol. The fourth-order valence-electron chi connectivity index (χ4n) is 2.16. The summed E-state index contributed by atoms with van der Waals surface area (Å²) >= 11 is 0. The van der Waals surface area contributed by atoms with Gasteiger partial charge in [0.25, 0.3) is 0 Å². The van der Waals surface area contributed by atoms with Crippen molar-refractivity contribution in [2.45, 2.75) is 12.8 Å². The van der Waals surface area contributed by atoms with Crippen LogP contribution in [0.5, 0.6) is 0 Å². The molecule has 3 nitrogen and oxygen atoms in total. The van der Waals surface area contributed by atoms with Crippen molar-refractivity contribution in [2.24, 2.45) is 5.92 Å². The van der Waals surface area contributed by atoms with E-state index in [-0.39, 0.29) is 23.8 Å². The molecule has 1 saturated heterocycles. The van der Waals surface area contributed by atoms with Crippen molar-refractivity contribution in [3.05, 3.63) is 35.4 Å². The first-order valence-electron chi connectivity index (χ1n) is 5.57. The third-order valence-electron chi connectivity index (χ3n) is 3.04. The van der Waals surface area contributed by atoms with Crippen LogP contribution in [0, 0.1) is 17.6 Å². The van der Waals surface area contributed by atoms with Gasteiger partial charge in [-0.2, -0.15) is 0 Å². The summed E-state index contributed by atoms with van der Waals surface area (Å²) < 4.78 is 49.2. The Balaban J connectivity index is 2.14. The van der Waals surface area contributed by atoms with Crippen molar-refractivity contribution in [1.82, 2.24) is 0 Å². The first-order valence-corrected chi connectivity index (χ1v) is 7.39. The third-order valence-corrected chi connectivity index (χ3v) is 4.88. The van der Waals surface area contributed by atoms with Gasteiger partial charge in [-0.3, -0.25) is 4.79 Å². The molecule has 0 radical (unpaired) electrons. The lowest BCUT2D eigenvalue weighted by molar-refractivity contribution is 0.0957. The Labute approximate surface area is 104 Å². The van der Waals surface area contributed by atoms with Gasteiger partial charge >= 0.3 is 0 Å². The zero-order valence-corrected chi connectivity index (χ0v) is 10.3. The largest absolute Gasteiger partial charge is 0.294 e. The van der Waals surface area contributed by atoms with E-state index in [1.54, 1.807) is 0 Å². The van der Waals surface area contributed by atoms with Crippen LogP contribution in [0.4, 0.5) is 8.78 Å². The summed E-state index contributed by atoms with van der Waals surface area (Å²) in [5, 5.41) is 0. The quantitative estimate of drug-likeness (QED) is 0.792. The average molecular weight is 274 g/mol. The van der Waals surface area contributed by atoms with Crippen molar-refractivity contribution in [1.29, 1.82) is 0 Å². The maximum Gasteiger partial charge on any atom is 0.169 e. The van der Waals surface area contributed by atoms with Gasteiger partial charge in [-0.15, -0.1) is 0 Å². The molecule has 0 saturated carbocycles. The van der Waals surface area contributed by atoms with Crippen molar-refractivity contribution >= 4 is 15.6 Å². The molecular weight excluding hydrogens is 262 g/mol. The Morgan fingerprint density at radius 2 is 1.89 bits per heavy atom. The number of benzene rings is 1. The molecule has 1 atom stereocenters. The first kappa shape index (κ1) is 13.1. The second-order valence-electron chi connectivity index (χ2n) is 4.49. The summed E-state index contributed by atoms with van der Waals surface area (Å²) in [6.45, 7) is 0. The Bertz CT molecular complexity index is 561. The molecule has 18 heavy (non-hydrogen) atoms. The third kappa shape index (κ3) is 2.75. The molecule has 1 aliphatic rings. The molecule has 1 unspecified atom stereocenters. The van der Waals surface area contributed by atoms with E-state index < -0.39 is 32.8 Å². The van der Waals surface area contributed by atoms with Gasteiger partial charge in [0.05, 0.1) is 17.1 Å². The Morgan fingerprint density at radius 1 is 1.28 bits per heavy atom. The van der Waals surface area contributed by atoms with Crippen molar-refractivity contribution in [2.75, 3.05) is 11.5 Å². The second kappa shape index (κ2) is 4.76. The monoisotopic (exact) mass is 274 g/mol. The number of hydrogen-bond acceptors (Lipinski definition) is 3. The van der Waals surface area contributed by atoms with Gasteiger partial charge in [0.1, 0.15) is 11.6 Å². The molecule has 0 aromatic heterocycles. The number of sulfone groups is 1. The molecule has 98 valence electrons. The minimum Gasteiger partial charge on any atom is -0.294 e. The number of ketones is 1. The number of Topliss-reactive ketones (excluding diaryl/α,β-unsaturated/α-hetero) is 1. The van der Waals surface area contributed by atoms with Gasteiger partial charge in [-0.25, -0.2) is 17.2 Å². The summed E-state index contributed by atoms with van der Waals surface area (Å²) in [6, 6.07) is 3.21. The van der Waals surface area contributed by atoms with E-state index in [1.165, 1.54) is 6.07 Å². The maximum absolute atomic E-state index is 13.3. The minimum atomic E-state index is -3.08. The van der Waals surface area contributed by atoms with Gasteiger partial charge in [0.2, 0.25) is 0 Å². The van der Waals surface area contributed by atoms with Crippen LogP contribution in [0.2, 0.25) is 0 Å². The number of carbonyl (C=O) groups is 1. The fourth-order valence-corrected chi connectivity index (χ4v) is 4.02. The molecule has 0 N–H and O–H groups in total. The zero-order valence-electron chi connectivity index (χ0n) is 9.53. The van der Waals surface area contributed by atoms with Crippen LogP contribution in [0.25, 0.3) is 0 Å². The van der Waals surface area contributed by atoms with Gasteiger partial charge < -0.3 is 0 Å². The molecule has 0 spiro atoms. The topological polar surface area (TPSA) is 51.2 Å². The summed E-state index contributed by atoms with van der Waals surface area (Å²) in [5.74, 6) is -2.84. The smallest absolute Gasteiger partial charge is 0.169 e. The molecular formula is C12H12F2O3S. The highest BCUT2D eigenvalue weighted by Crippen LogP contribution is 2.24. The average Bonchev–Trinajstić information content (AvgIpc) is 2.57. The van der Waals surface area contributed by atoms with E-state index >= 15 is 0 Å². The van der Waals surface area contributed by atoms with Crippen LogP contribution in [-0.4, -0.2) is 25.7 Å². The van der Waals surface area contributed by atoms with E-state index in [2.05, 4.69) is 0 Å². The summed E-state index contributed by atoms with van der Waals surface area (Å²) in [5.41, 5.74) is -0.568. The van der Waals surface area contributed by atoms with Gasteiger partial charge in [0.15, 0.2) is 15.6 Å². The molecule has 0 amide bonds. The lowest BCUT2D eigenvalue weighted by Gasteiger charge is -2.08. The van der Waals surface area contributed by atoms with Crippen molar-refractivity contribution in [3.8, 4) is 0 Å². The zero-order chi connectivity index (χ0) is 13.3. The molecule has 1 fully saturated rings. The predicted octanol–water partition coefficient (Wildman–Crippen LogP) is 1.97. The fraction of sp³-hybridized carbons (Fsp3) is 0.417. The van der Waals surface area contributed by atoms with Crippen LogP contribution in [-0.2, 0) is 9.84 Å². The van der Waals surface area contributed by atoms with Crippen LogP contribution in [0.3, 0.4) is 0 Å². The van der Waals surface area contributed by atoms with Crippen molar-refractivity contribution < 1.29 is 22.0 Å². The first-order chi connectivity index (χ1) is 8.39. The highest BCUT2D eigenvalue weighted by Gasteiger charge is 2.30. The molecule has 0 aliphatic carbocycles. The van der Waals surface area contributed by atoms with Gasteiger partial charge in [-0.1, -0.05) is 6.07 Å². The van der Waals surface area contributed by atoms with Crippen LogP contribution < -0.4 is 0 Å². The van der Waals surface area contributed by atoms with Crippen LogP contribution >= 0.6 is 0 Å². The molecule has 1 aromatic carbocycles. The summed E-state index contributed by atoms with van der Waals surface area (Å²) in [7, 11) is -3.08. The van der Waals surface area contributed by atoms with E-state index in [0.717, 1.165) is 12.1 Å². The molecule has 0 bridgehead atoms. The van der Waals surface area contributed by atoms with E-state index in [9.17, 15) is 22.0 Å². The molecule has 1 aliphatic heterocycles. The Hall–Kier alpha value is -1.30. The van der Waals surface area contributed by atoms with Gasteiger partial charge in [0, 0.05) is 6.42 Å². The van der Waals surface area contributed by atoms with E-state index in [1.807, 2.05) is 0 Å². The number of halogens is 2. The van der Waals surface area contributed by atoms with Crippen LogP contribution in [0.1, 0.15) is 23.2 Å². The lowest BCUT2D eigenvalue weighted by atomic mass is 9.97. The second-order valence-corrected chi connectivity index (χ2v) is 6.72. The standard InChI is InChI=1S/C12H12F2O3S/c13-9-2-1-3-10(14)12(9)11(15)6-8-4-5-18(16,17)7-8/h1-3,8H,4-7H2. The molecule has 6 heteroatoms. The molecule has 1 heterocycles. The van der Waals surface area contributed by atoms with Crippen LogP contribution in [0.15, 0.2) is 18.2 Å². The lowest BCUT2D eigenvalue weighted by Crippen LogP contribution is -2.13. The number of rotatable bonds is 3. The molecule has 2 rings (SSSR count). The number of carbonyl (C=O) groups excluding carboxylic acids is 1. The maximum atomic E-state index is 13.3. The Morgan fingerprint density at radius 3 is 2.39 bits per heavy atom.